The SMILES string of the molecule is CC1(c2ccccc2)OOC(CCl)(CCl)O1. The van der Waals surface area contributed by atoms with Crippen LogP contribution in [0.2, 0.25) is 0 Å². The molecule has 0 amide bonds. The highest BCUT2D eigenvalue weighted by atomic mass is 35.5. The maximum atomic E-state index is 5.77. The summed E-state index contributed by atoms with van der Waals surface area (Å²) >= 11 is 11.5. The average Bonchev–Trinajstić information content (AvgIpc) is 2.71. The molecular weight excluding hydrogens is 251 g/mol. The molecule has 1 aromatic carbocycles. The summed E-state index contributed by atoms with van der Waals surface area (Å²) in [5, 5.41) is 0. The van der Waals surface area contributed by atoms with Crippen LogP contribution in [0.4, 0.5) is 0 Å². The summed E-state index contributed by atoms with van der Waals surface area (Å²) in [5.41, 5.74) is 0.854. The Kier molecular flexibility index (Phi) is 3.42. The smallest absolute Gasteiger partial charge is 0.231 e. The molecule has 1 aromatic rings. The zero-order valence-corrected chi connectivity index (χ0v) is 10.3. The molecule has 1 fully saturated rings. The molecule has 1 saturated heterocycles. The van der Waals surface area contributed by atoms with Crippen molar-refractivity contribution in [2.45, 2.75) is 18.5 Å². The Morgan fingerprint density at radius 3 is 2.19 bits per heavy atom. The van der Waals surface area contributed by atoms with Crippen LogP contribution in [0.1, 0.15) is 12.5 Å². The molecule has 1 heterocycles. The largest absolute Gasteiger partial charge is 0.306 e. The lowest BCUT2D eigenvalue weighted by Crippen LogP contribution is -2.37. The fourth-order valence-corrected chi connectivity index (χ4v) is 2.01. The van der Waals surface area contributed by atoms with Crippen LogP contribution in [0.25, 0.3) is 0 Å². The summed E-state index contributed by atoms with van der Waals surface area (Å²) in [6, 6.07) is 9.49. The third-order valence-corrected chi connectivity index (χ3v) is 3.25. The van der Waals surface area contributed by atoms with E-state index in [1.807, 2.05) is 30.3 Å². The molecule has 0 bridgehead atoms. The summed E-state index contributed by atoms with van der Waals surface area (Å²) in [6.07, 6.45) is 0. The Bertz CT molecular complexity index is 354. The standard InChI is InChI=1S/C11H12Cl2O3/c1-10(9-5-3-2-4-6-9)14-11(7-12,8-13)16-15-10/h2-6H,7-8H2,1H3. The molecule has 2 rings (SSSR count). The molecule has 1 unspecified atom stereocenters. The quantitative estimate of drug-likeness (QED) is 0.619. The molecule has 0 spiro atoms. The molecule has 88 valence electrons. The first-order valence-corrected chi connectivity index (χ1v) is 5.95. The van der Waals surface area contributed by atoms with Gasteiger partial charge in [-0.05, 0) is 6.92 Å². The molecule has 16 heavy (non-hydrogen) atoms. The highest BCUT2D eigenvalue weighted by Crippen LogP contribution is 2.41. The van der Waals surface area contributed by atoms with Crippen LogP contribution in [0.15, 0.2) is 30.3 Å². The Morgan fingerprint density at radius 2 is 1.69 bits per heavy atom. The van der Waals surface area contributed by atoms with E-state index in [2.05, 4.69) is 0 Å². The molecule has 0 aromatic heterocycles. The van der Waals surface area contributed by atoms with Crippen molar-refractivity contribution >= 4 is 23.2 Å². The minimum absolute atomic E-state index is 0.110. The molecule has 0 radical (unpaired) electrons. The lowest BCUT2D eigenvalue weighted by Gasteiger charge is -2.24. The van der Waals surface area contributed by atoms with Gasteiger partial charge in [-0.3, -0.25) is 0 Å². The number of hydrogen-bond acceptors (Lipinski definition) is 3. The molecule has 3 nitrogen and oxygen atoms in total. The fourth-order valence-electron chi connectivity index (χ4n) is 1.53. The summed E-state index contributed by atoms with van der Waals surface area (Å²) in [5.74, 6) is -1.82. The number of halogens is 2. The highest BCUT2D eigenvalue weighted by Gasteiger charge is 2.50. The lowest BCUT2D eigenvalue weighted by molar-refractivity contribution is -0.343. The van der Waals surface area contributed by atoms with E-state index in [1.165, 1.54) is 0 Å². The molecule has 5 heteroatoms. The second-order valence-electron chi connectivity index (χ2n) is 3.76. The molecule has 0 aliphatic carbocycles. The monoisotopic (exact) mass is 262 g/mol. The van der Waals surface area contributed by atoms with Crippen LogP contribution in [0.5, 0.6) is 0 Å². The van der Waals surface area contributed by atoms with Gasteiger partial charge >= 0.3 is 0 Å². The van der Waals surface area contributed by atoms with Gasteiger partial charge in [0.05, 0.1) is 11.8 Å². The van der Waals surface area contributed by atoms with Crippen LogP contribution >= 0.6 is 23.2 Å². The number of rotatable bonds is 3. The average molecular weight is 263 g/mol. The number of hydrogen-bond donors (Lipinski definition) is 0. The zero-order chi connectivity index (χ0) is 11.6. The maximum absolute atomic E-state index is 5.77. The Hall–Kier alpha value is -0.320. The van der Waals surface area contributed by atoms with Crippen molar-refractivity contribution in [1.29, 1.82) is 0 Å². The van der Waals surface area contributed by atoms with Crippen LogP contribution in [0.3, 0.4) is 0 Å². The van der Waals surface area contributed by atoms with Gasteiger partial charge in [-0.1, -0.05) is 30.3 Å². The predicted molar refractivity (Wildman–Crippen MR) is 61.2 cm³/mol. The van der Waals surface area contributed by atoms with E-state index in [1.54, 1.807) is 6.92 Å². The van der Waals surface area contributed by atoms with Crippen molar-refractivity contribution in [3.8, 4) is 0 Å². The molecule has 0 saturated carbocycles. The molecule has 0 N–H and O–H groups in total. The third kappa shape index (κ3) is 2.06. The molecule has 1 aliphatic rings. The van der Waals surface area contributed by atoms with Crippen LogP contribution in [0, 0.1) is 0 Å². The van der Waals surface area contributed by atoms with Crippen molar-refractivity contribution in [1.82, 2.24) is 0 Å². The van der Waals surface area contributed by atoms with Crippen LogP contribution in [-0.4, -0.2) is 17.5 Å². The number of ether oxygens (including phenoxy) is 1. The van der Waals surface area contributed by atoms with Gasteiger partial charge in [0.1, 0.15) is 0 Å². The van der Waals surface area contributed by atoms with Crippen molar-refractivity contribution in [2.75, 3.05) is 11.8 Å². The Morgan fingerprint density at radius 1 is 1.06 bits per heavy atom. The molecular formula is C11H12Cl2O3. The summed E-state index contributed by atoms with van der Waals surface area (Å²) in [7, 11) is 0. The number of alkyl halides is 2. The zero-order valence-electron chi connectivity index (χ0n) is 8.78. The first kappa shape index (κ1) is 12.1. The van der Waals surface area contributed by atoms with E-state index >= 15 is 0 Å². The van der Waals surface area contributed by atoms with Crippen LogP contribution in [-0.2, 0) is 20.3 Å². The number of benzene rings is 1. The second-order valence-corrected chi connectivity index (χ2v) is 4.29. The van der Waals surface area contributed by atoms with E-state index < -0.39 is 11.6 Å². The second kappa shape index (κ2) is 4.51. The Labute approximate surface area is 104 Å². The van der Waals surface area contributed by atoms with Gasteiger partial charge in [0.15, 0.2) is 0 Å². The summed E-state index contributed by atoms with van der Waals surface area (Å²) in [4.78, 5) is 10.4. The third-order valence-electron chi connectivity index (χ3n) is 2.44. The minimum Gasteiger partial charge on any atom is -0.306 e. The van der Waals surface area contributed by atoms with Crippen molar-refractivity contribution < 1.29 is 14.5 Å². The van der Waals surface area contributed by atoms with E-state index in [4.69, 9.17) is 37.7 Å². The van der Waals surface area contributed by atoms with E-state index in [0.29, 0.717) is 0 Å². The van der Waals surface area contributed by atoms with Gasteiger partial charge in [0, 0.05) is 5.56 Å². The Balaban J connectivity index is 2.24. The van der Waals surface area contributed by atoms with Gasteiger partial charge in [-0.25, -0.2) is 0 Å². The van der Waals surface area contributed by atoms with Gasteiger partial charge < -0.3 is 4.74 Å². The predicted octanol–water partition coefficient (Wildman–Crippen LogP) is 3.01. The maximum Gasteiger partial charge on any atom is 0.231 e. The van der Waals surface area contributed by atoms with Gasteiger partial charge in [-0.2, -0.15) is 9.78 Å². The topological polar surface area (TPSA) is 27.7 Å². The molecule has 1 aliphatic heterocycles. The minimum atomic E-state index is -1.08. The van der Waals surface area contributed by atoms with E-state index in [0.717, 1.165) is 5.56 Å². The lowest BCUT2D eigenvalue weighted by atomic mass is 10.1. The van der Waals surface area contributed by atoms with E-state index in [9.17, 15) is 0 Å². The highest BCUT2D eigenvalue weighted by molar-refractivity contribution is 6.21. The van der Waals surface area contributed by atoms with E-state index in [-0.39, 0.29) is 11.8 Å². The normalized spacial score (nSPS) is 28.2. The van der Waals surface area contributed by atoms with Gasteiger partial charge in [0.25, 0.3) is 0 Å². The van der Waals surface area contributed by atoms with Gasteiger partial charge in [-0.15, -0.1) is 23.2 Å². The van der Waals surface area contributed by atoms with Crippen molar-refractivity contribution in [3.63, 3.8) is 0 Å². The van der Waals surface area contributed by atoms with Crippen LogP contribution < -0.4 is 0 Å². The van der Waals surface area contributed by atoms with Crippen molar-refractivity contribution in [2.24, 2.45) is 0 Å². The first-order chi connectivity index (χ1) is 7.64. The molecule has 1 atom stereocenters. The van der Waals surface area contributed by atoms with Gasteiger partial charge in [0.2, 0.25) is 11.6 Å². The summed E-state index contributed by atoms with van der Waals surface area (Å²) < 4.78 is 5.71. The van der Waals surface area contributed by atoms with Crippen molar-refractivity contribution in [3.05, 3.63) is 35.9 Å². The summed E-state index contributed by atoms with van der Waals surface area (Å²) in [6.45, 7) is 1.77. The fraction of sp³-hybridized carbons (Fsp3) is 0.455. The first-order valence-electron chi connectivity index (χ1n) is 4.89.